The van der Waals surface area contributed by atoms with E-state index >= 15 is 0 Å². The van der Waals surface area contributed by atoms with Gasteiger partial charge in [0.25, 0.3) is 5.91 Å². The van der Waals surface area contributed by atoms with Gasteiger partial charge in [-0.3, -0.25) is 14.9 Å². The van der Waals surface area contributed by atoms with Crippen molar-refractivity contribution in [3.8, 4) is 0 Å². The van der Waals surface area contributed by atoms with Gasteiger partial charge in [0.1, 0.15) is 0 Å². The zero-order valence-electron chi connectivity index (χ0n) is 11.1. The standard InChI is InChI=1S/C13H20N2O4/c1-2-7-14-13(18)15-11(16)9-19-12(17)8-10-5-3-4-6-10/h3,5,10H,2,4,6-9H2,1H3,(H2,14,15,16,18)/t10-/m1/s1. The molecule has 1 aliphatic carbocycles. The van der Waals surface area contributed by atoms with Gasteiger partial charge in [-0.05, 0) is 25.2 Å². The van der Waals surface area contributed by atoms with E-state index in [1.807, 2.05) is 19.1 Å². The molecule has 0 aromatic heterocycles. The predicted octanol–water partition coefficient (Wildman–Crippen LogP) is 1.12. The van der Waals surface area contributed by atoms with Crippen molar-refractivity contribution in [2.45, 2.75) is 32.6 Å². The molecule has 1 rings (SSSR count). The lowest BCUT2D eigenvalue weighted by Crippen LogP contribution is -2.41. The molecule has 0 bridgehead atoms. The summed E-state index contributed by atoms with van der Waals surface area (Å²) in [5, 5.41) is 4.57. The van der Waals surface area contributed by atoms with Gasteiger partial charge in [-0.25, -0.2) is 4.79 Å². The van der Waals surface area contributed by atoms with Crippen LogP contribution in [0.25, 0.3) is 0 Å². The molecule has 3 amide bonds. The molecule has 1 atom stereocenters. The molecule has 106 valence electrons. The van der Waals surface area contributed by atoms with Crippen LogP contribution < -0.4 is 10.6 Å². The summed E-state index contributed by atoms with van der Waals surface area (Å²) in [4.78, 5) is 33.9. The van der Waals surface area contributed by atoms with Crippen molar-refractivity contribution >= 4 is 17.9 Å². The summed E-state index contributed by atoms with van der Waals surface area (Å²) in [6.45, 7) is 1.98. The van der Waals surface area contributed by atoms with Crippen molar-refractivity contribution in [2.75, 3.05) is 13.2 Å². The highest BCUT2D eigenvalue weighted by Crippen LogP contribution is 2.20. The zero-order chi connectivity index (χ0) is 14.1. The second-order valence-corrected chi connectivity index (χ2v) is 4.43. The highest BCUT2D eigenvalue weighted by molar-refractivity contribution is 5.95. The second kappa shape index (κ2) is 8.29. The summed E-state index contributed by atoms with van der Waals surface area (Å²) in [6, 6.07) is -0.568. The lowest BCUT2D eigenvalue weighted by atomic mass is 10.1. The molecule has 0 aromatic rings. The van der Waals surface area contributed by atoms with Crippen LogP contribution in [-0.2, 0) is 14.3 Å². The number of hydrogen-bond donors (Lipinski definition) is 2. The fourth-order valence-corrected chi connectivity index (χ4v) is 1.73. The third kappa shape index (κ3) is 6.59. The lowest BCUT2D eigenvalue weighted by molar-refractivity contribution is -0.148. The highest BCUT2D eigenvalue weighted by atomic mass is 16.5. The minimum atomic E-state index is -0.621. The maximum Gasteiger partial charge on any atom is 0.321 e. The first-order valence-corrected chi connectivity index (χ1v) is 6.51. The first kappa shape index (κ1) is 15.2. The van der Waals surface area contributed by atoms with E-state index in [1.54, 1.807) is 0 Å². The number of amides is 3. The number of carbonyl (C=O) groups is 3. The molecule has 1 aliphatic rings. The Kier molecular flexibility index (Phi) is 6.63. The number of nitrogens with one attached hydrogen (secondary N) is 2. The van der Waals surface area contributed by atoms with E-state index in [0.29, 0.717) is 6.54 Å². The van der Waals surface area contributed by atoms with Crippen LogP contribution in [-0.4, -0.2) is 31.1 Å². The molecule has 0 radical (unpaired) electrons. The van der Waals surface area contributed by atoms with Gasteiger partial charge >= 0.3 is 12.0 Å². The Morgan fingerprint density at radius 1 is 1.37 bits per heavy atom. The molecular formula is C13H20N2O4. The molecule has 0 aromatic carbocycles. The second-order valence-electron chi connectivity index (χ2n) is 4.43. The van der Waals surface area contributed by atoms with Gasteiger partial charge < -0.3 is 10.1 Å². The van der Waals surface area contributed by atoms with Crippen LogP contribution in [0.15, 0.2) is 12.2 Å². The van der Waals surface area contributed by atoms with Crippen LogP contribution in [0.3, 0.4) is 0 Å². The number of esters is 1. The topological polar surface area (TPSA) is 84.5 Å². The molecule has 19 heavy (non-hydrogen) atoms. The van der Waals surface area contributed by atoms with Gasteiger partial charge in [0, 0.05) is 6.54 Å². The molecule has 0 saturated heterocycles. The summed E-state index contributed by atoms with van der Waals surface area (Å²) < 4.78 is 4.81. The Morgan fingerprint density at radius 2 is 2.16 bits per heavy atom. The van der Waals surface area contributed by atoms with Crippen molar-refractivity contribution in [2.24, 2.45) is 5.92 Å². The quantitative estimate of drug-likeness (QED) is 0.558. The van der Waals surface area contributed by atoms with Crippen molar-refractivity contribution in [1.82, 2.24) is 10.6 Å². The summed E-state index contributed by atoms with van der Waals surface area (Å²) in [6.07, 6.45) is 7.01. The Morgan fingerprint density at radius 3 is 2.79 bits per heavy atom. The molecule has 0 spiro atoms. The minimum Gasteiger partial charge on any atom is -0.456 e. The Balaban J connectivity index is 2.13. The molecule has 0 unspecified atom stereocenters. The molecule has 6 nitrogen and oxygen atoms in total. The summed E-state index contributed by atoms with van der Waals surface area (Å²) in [5.41, 5.74) is 0. The van der Waals surface area contributed by atoms with Gasteiger partial charge in [0.05, 0.1) is 6.42 Å². The largest absolute Gasteiger partial charge is 0.456 e. The maximum absolute atomic E-state index is 11.4. The van der Waals surface area contributed by atoms with Crippen LogP contribution in [0.4, 0.5) is 4.79 Å². The summed E-state index contributed by atoms with van der Waals surface area (Å²) >= 11 is 0. The van der Waals surface area contributed by atoms with E-state index in [2.05, 4.69) is 10.6 Å². The third-order valence-electron chi connectivity index (χ3n) is 2.69. The third-order valence-corrected chi connectivity index (χ3v) is 2.69. The van der Waals surface area contributed by atoms with Gasteiger partial charge in [-0.1, -0.05) is 19.1 Å². The molecule has 2 N–H and O–H groups in total. The predicted molar refractivity (Wildman–Crippen MR) is 69.3 cm³/mol. The number of hydrogen-bond acceptors (Lipinski definition) is 4. The van der Waals surface area contributed by atoms with Crippen LogP contribution in [0.1, 0.15) is 32.6 Å². The monoisotopic (exact) mass is 268 g/mol. The van der Waals surface area contributed by atoms with Gasteiger partial charge in [-0.15, -0.1) is 0 Å². The van der Waals surface area contributed by atoms with E-state index < -0.39 is 24.5 Å². The van der Waals surface area contributed by atoms with Crippen molar-refractivity contribution in [3.05, 3.63) is 12.2 Å². The van der Waals surface area contributed by atoms with Crippen molar-refractivity contribution < 1.29 is 19.1 Å². The molecule has 6 heteroatoms. The smallest absolute Gasteiger partial charge is 0.321 e. The summed E-state index contributed by atoms with van der Waals surface area (Å²) in [5.74, 6) is -0.826. The number of urea groups is 1. The van der Waals surface area contributed by atoms with Crippen LogP contribution in [0.5, 0.6) is 0 Å². The Hall–Kier alpha value is -1.85. The van der Waals surface area contributed by atoms with Crippen molar-refractivity contribution in [3.63, 3.8) is 0 Å². The van der Waals surface area contributed by atoms with E-state index in [0.717, 1.165) is 19.3 Å². The van der Waals surface area contributed by atoms with E-state index in [9.17, 15) is 14.4 Å². The fourth-order valence-electron chi connectivity index (χ4n) is 1.73. The molecule has 0 fully saturated rings. The first-order chi connectivity index (χ1) is 9.11. The molecular weight excluding hydrogens is 248 g/mol. The normalized spacial score (nSPS) is 17.0. The average Bonchev–Trinajstić information content (AvgIpc) is 2.86. The number of ether oxygens (including phenoxy) is 1. The van der Waals surface area contributed by atoms with Crippen LogP contribution in [0, 0.1) is 5.92 Å². The fraction of sp³-hybridized carbons (Fsp3) is 0.615. The van der Waals surface area contributed by atoms with Crippen LogP contribution >= 0.6 is 0 Å². The van der Waals surface area contributed by atoms with Gasteiger partial charge in [0.15, 0.2) is 6.61 Å². The number of rotatable bonds is 6. The average molecular weight is 268 g/mol. The Labute approximate surface area is 112 Å². The minimum absolute atomic E-state index is 0.211. The SMILES string of the molecule is CCCNC(=O)NC(=O)COC(=O)C[C@@H]1C=CCC1. The van der Waals surface area contributed by atoms with E-state index in [-0.39, 0.29) is 12.3 Å². The van der Waals surface area contributed by atoms with E-state index in [1.165, 1.54) is 0 Å². The number of allylic oxidation sites excluding steroid dienone is 2. The van der Waals surface area contributed by atoms with Crippen molar-refractivity contribution in [1.29, 1.82) is 0 Å². The van der Waals surface area contributed by atoms with Gasteiger partial charge in [-0.2, -0.15) is 0 Å². The number of imide groups is 1. The maximum atomic E-state index is 11.4. The van der Waals surface area contributed by atoms with E-state index in [4.69, 9.17) is 4.74 Å². The summed E-state index contributed by atoms with van der Waals surface area (Å²) in [7, 11) is 0. The number of carbonyl (C=O) groups excluding carboxylic acids is 3. The Bertz CT molecular complexity index is 366. The molecule has 0 aliphatic heterocycles. The molecule has 0 saturated carbocycles. The zero-order valence-corrected chi connectivity index (χ0v) is 11.1. The first-order valence-electron chi connectivity index (χ1n) is 6.51. The van der Waals surface area contributed by atoms with Crippen LogP contribution in [0.2, 0.25) is 0 Å². The molecule has 0 heterocycles. The van der Waals surface area contributed by atoms with Gasteiger partial charge in [0.2, 0.25) is 0 Å². The lowest BCUT2D eigenvalue weighted by Gasteiger charge is -2.08. The highest BCUT2D eigenvalue weighted by Gasteiger charge is 2.16.